The summed E-state index contributed by atoms with van der Waals surface area (Å²) in [5.41, 5.74) is 2.75. The zero-order valence-corrected chi connectivity index (χ0v) is 20.3. The number of fused-ring (bicyclic) bond motifs is 3. The van der Waals surface area contributed by atoms with Crippen LogP contribution in [0.2, 0.25) is 0 Å². The Labute approximate surface area is 207 Å². The minimum Gasteiger partial charge on any atom is -0.870 e. The van der Waals surface area contributed by atoms with E-state index in [9.17, 15) is 14.3 Å². The monoisotopic (exact) mass is 448 g/mol. The van der Waals surface area contributed by atoms with Crippen LogP contribution in [0, 0.1) is 5.82 Å². The first kappa shape index (κ1) is 25.7. The van der Waals surface area contributed by atoms with Gasteiger partial charge in [0, 0.05) is 22.3 Å². The number of carbonyl (C=O) groups is 1. The molecule has 0 unspecified atom stereocenters. The predicted octanol–water partition coefficient (Wildman–Crippen LogP) is 2.37. The molecule has 1 aliphatic heterocycles. The van der Waals surface area contributed by atoms with Crippen molar-refractivity contribution >= 4 is 5.97 Å². The van der Waals surface area contributed by atoms with Crippen LogP contribution < -0.4 is 43.8 Å². The van der Waals surface area contributed by atoms with Crippen molar-refractivity contribution in [3.63, 3.8) is 0 Å². The Kier molecular flexibility index (Phi) is 8.31. The first-order chi connectivity index (χ1) is 14.4. The average molecular weight is 448 g/mol. The molecule has 0 bridgehead atoms. The molecule has 0 amide bonds. The van der Waals surface area contributed by atoms with Gasteiger partial charge in [0.15, 0.2) is 11.5 Å². The Hall–Kier alpha value is -2.58. The summed E-state index contributed by atoms with van der Waals surface area (Å²) in [4.78, 5) is 12.0. The number of aromatic carboxylic acids is 1. The first-order valence-corrected chi connectivity index (χ1v) is 9.56. The molecule has 3 aromatic carbocycles. The van der Waals surface area contributed by atoms with Crippen LogP contribution in [0.15, 0.2) is 48.5 Å². The Morgan fingerprint density at radius 1 is 1.03 bits per heavy atom. The summed E-state index contributed by atoms with van der Waals surface area (Å²) in [5.74, 6) is -0.00127. The van der Waals surface area contributed by atoms with Crippen LogP contribution in [0.3, 0.4) is 0 Å². The maximum atomic E-state index is 14.4. The Morgan fingerprint density at radius 3 is 2.38 bits per heavy atom. The maximum Gasteiger partial charge on any atom is 1.00 e. The second-order valence-corrected chi connectivity index (χ2v) is 7.29. The van der Waals surface area contributed by atoms with Crippen LogP contribution in [0.4, 0.5) is 4.39 Å². The van der Waals surface area contributed by atoms with E-state index in [0.29, 0.717) is 22.8 Å². The van der Waals surface area contributed by atoms with Gasteiger partial charge in [-0.3, -0.25) is 0 Å². The van der Waals surface area contributed by atoms with E-state index >= 15 is 0 Å². The second-order valence-electron chi connectivity index (χ2n) is 7.29. The SMILES string of the molecule is COc1cc2c(cc1OC(C)C)COc1cc(-c3ccccc3F)c(C(=O)O)cc1-2.[Na+].[OH-]. The number of ether oxygens (including phenoxy) is 3. The fourth-order valence-corrected chi connectivity index (χ4v) is 3.62. The molecule has 0 aromatic heterocycles. The van der Waals surface area contributed by atoms with E-state index in [1.807, 2.05) is 26.0 Å². The standard InChI is InChI=1S/C24H21FO5.Na.H2O/c1-13(2)30-23-8-14-12-29-21-11-17(15-6-4-5-7-20(15)25)19(24(26)27)9-18(21)16(14)10-22(23)28-3;;/h4-11,13H,12H2,1-3H3,(H,26,27);;1H2/q;+1;/p-1. The van der Waals surface area contributed by atoms with Gasteiger partial charge in [0.2, 0.25) is 0 Å². The molecule has 1 aliphatic rings. The van der Waals surface area contributed by atoms with Crippen molar-refractivity contribution in [1.82, 2.24) is 0 Å². The van der Waals surface area contributed by atoms with Crippen molar-refractivity contribution in [3.05, 3.63) is 65.5 Å². The number of halogens is 1. The van der Waals surface area contributed by atoms with E-state index in [1.54, 1.807) is 31.4 Å². The first-order valence-electron chi connectivity index (χ1n) is 9.56. The summed E-state index contributed by atoms with van der Waals surface area (Å²) < 4.78 is 31.6. The summed E-state index contributed by atoms with van der Waals surface area (Å²) in [5, 5.41) is 9.80. The van der Waals surface area contributed by atoms with Gasteiger partial charge in [-0.1, -0.05) is 18.2 Å². The van der Waals surface area contributed by atoms with E-state index in [1.165, 1.54) is 12.1 Å². The van der Waals surface area contributed by atoms with Gasteiger partial charge < -0.3 is 24.8 Å². The third-order valence-corrected chi connectivity index (χ3v) is 4.94. The summed E-state index contributed by atoms with van der Waals surface area (Å²) in [6.07, 6.45) is -0.0318. The molecule has 4 rings (SSSR count). The van der Waals surface area contributed by atoms with E-state index < -0.39 is 11.8 Å². The van der Waals surface area contributed by atoms with Crippen LogP contribution in [0.5, 0.6) is 17.2 Å². The van der Waals surface area contributed by atoms with Crippen molar-refractivity contribution in [3.8, 4) is 39.5 Å². The molecule has 3 aromatic rings. The molecule has 0 fully saturated rings. The van der Waals surface area contributed by atoms with Crippen molar-refractivity contribution in [2.75, 3.05) is 7.11 Å². The van der Waals surface area contributed by atoms with Crippen LogP contribution in [0.25, 0.3) is 22.3 Å². The van der Waals surface area contributed by atoms with Crippen LogP contribution in [-0.4, -0.2) is 29.8 Å². The molecule has 32 heavy (non-hydrogen) atoms. The molecule has 1 heterocycles. The van der Waals surface area contributed by atoms with Gasteiger partial charge in [-0.15, -0.1) is 0 Å². The quantitative estimate of drug-likeness (QED) is 0.603. The van der Waals surface area contributed by atoms with Crippen molar-refractivity contribution in [2.45, 2.75) is 26.6 Å². The van der Waals surface area contributed by atoms with Gasteiger partial charge in [-0.2, -0.15) is 0 Å². The molecule has 0 saturated heterocycles. The Balaban J connectivity index is 0.00000181. The number of carboxylic acids is 1. The van der Waals surface area contributed by atoms with Crippen molar-refractivity contribution < 1.29 is 63.5 Å². The van der Waals surface area contributed by atoms with Crippen molar-refractivity contribution in [2.24, 2.45) is 0 Å². The summed E-state index contributed by atoms with van der Waals surface area (Å²) in [6.45, 7) is 4.13. The average Bonchev–Trinajstić information content (AvgIpc) is 2.72. The molecule has 6 nitrogen and oxygen atoms in total. The molecule has 0 aliphatic carbocycles. The molecule has 0 spiro atoms. The number of rotatable bonds is 5. The zero-order chi connectivity index (χ0) is 21.4. The predicted molar refractivity (Wildman–Crippen MR) is 113 cm³/mol. The van der Waals surface area contributed by atoms with E-state index in [0.717, 1.165) is 11.1 Å². The summed E-state index contributed by atoms with van der Waals surface area (Å²) in [6, 6.07) is 12.9. The number of hydrogen-bond donors (Lipinski definition) is 1. The van der Waals surface area contributed by atoms with Crippen LogP contribution >= 0.6 is 0 Å². The van der Waals surface area contributed by atoms with Crippen LogP contribution in [0.1, 0.15) is 29.8 Å². The molecular formula is C24H22FNaO6. The topological polar surface area (TPSA) is 95.0 Å². The van der Waals surface area contributed by atoms with Gasteiger partial charge in [-0.05, 0) is 49.7 Å². The second kappa shape index (κ2) is 10.4. The third-order valence-electron chi connectivity index (χ3n) is 4.94. The van der Waals surface area contributed by atoms with Gasteiger partial charge in [0.05, 0.1) is 18.8 Å². The molecule has 2 N–H and O–H groups in total. The maximum absolute atomic E-state index is 14.4. The Morgan fingerprint density at radius 2 is 1.75 bits per heavy atom. The van der Waals surface area contributed by atoms with Crippen LogP contribution in [-0.2, 0) is 6.61 Å². The van der Waals surface area contributed by atoms with E-state index in [2.05, 4.69) is 0 Å². The van der Waals surface area contributed by atoms with Gasteiger partial charge in [0.1, 0.15) is 18.2 Å². The Bertz CT molecular complexity index is 1150. The number of hydrogen-bond acceptors (Lipinski definition) is 5. The molecule has 0 atom stereocenters. The summed E-state index contributed by atoms with van der Waals surface area (Å²) >= 11 is 0. The fraction of sp³-hybridized carbons (Fsp3) is 0.208. The molecule has 0 radical (unpaired) electrons. The van der Waals surface area contributed by atoms with Gasteiger partial charge in [-0.25, -0.2) is 9.18 Å². The molecular weight excluding hydrogens is 426 g/mol. The van der Waals surface area contributed by atoms with E-state index in [4.69, 9.17) is 14.2 Å². The van der Waals surface area contributed by atoms with E-state index in [-0.39, 0.29) is 64.4 Å². The molecule has 8 heteroatoms. The minimum absolute atomic E-state index is 0. The minimum atomic E-state index is -1.14. The van der Waals surface area contributed by atoms with Crippen molar-refractivity contribution in [1.29, 1.82) is 0 Å². The van der Waals surface area contributed by atoms with Gasteiger partial charge in [0.25, 0.3) is 0 Å². The van der Waals surface area contributed by atoms with Gasteiger partial charge >= 0.3 is 35.5 Å². The number of carboxylic acid groups (broad SMARTS) is 1. The summed E-state index contributed by atoms with van der Waals surface area (Å²) in [7, 11) is 1.55. The third kappa shape index (κ3) is 4.76. The largest absolute Gasteiger partial charge is 1.00 e. The number of methoxy groups -OCH3 is 1. The zero-order valence-electron chi connectivity index (χ0n) is 18.3. The smallest absolute Gasteiger partial charge is 0.870 e. The fourth-order valence-electron chi connectivity index (χ4n) is 3.62. The normalized spacial score (nSPS) is 11.3. The molecule has 0 saturated carbocycles. The molecule has 162 valence electrons. The number of benzene rings is 3.